The monoisotopic (exact) mass is 306 g/mol. The number of aromatic carboxylic acids is 1. The molecule has 0 fully saturated rings. The fourth-order valence-corrected chi connectivity index (χ4v) is 2.92. The maximum atomic E-state index is 12.2. The van der Waals surface area contributed by atoms with Gasteiger partial charge in [0.15, 0.2) is 0 Å². The molecule has 4 N–H and O–H groups in total. The van der Waals surface area contributed by atoms with E-state index in [2.05, 4.69) is 19.9 Å². The Morgan fingerprint density at radius 3 is 2.81 bits per heavy atom. The van der Waals surface area contributed by atoms with Gasteiger partial charge in [0, 0.05) is 17.3 Å². The fourth-order valence-electron chi connectivity index (χ4n) is 1.87. The number of nitrogens with one attached hydrogen (secondary N) is 3. The van der Waals surface area contributed by atoms with Crippen LogP contribution in [0.1, 0.15) is 10.5 Å². The van der Waals surface area contributed by atoms with Crippen LogP contribution < -0.4 is 4.72 Å². The van der Waals surface area contributed by atoms with Gasteiger partial charge in [-0.05, 0) is 24.3 Å². The Hall–Kier alpha value is -2.81. The Labute approximate surface area is 118 Å². The average molecular weight is 306 g/mol. The summed E-state index contributed by atoms with van der Waals surface area (Å²) in [5, 5.41) is 16.2. The van der Waals surface area contributed by atoms with Crippen LogP contribution in [-0.2, 0) is 10.0 Å². The Morgan fingerprint density at radius 2 is 2.10 bits per heavy atom. The highest BCUT2D eigenvalue weighted by atomic mass is 32.2. The average Bonchev–Trinajstić information content (AvgIpc) is 3.07. The molecule has 8 nitrogen and oxygen atoms in total. The second-order valence-corrected chi connectivity index (χ2v) is 6.01. The van der Waals surface area contributed by atoms with Gasteiger partial charge in [-0.1, -0.05) is 0 Å². The molecule has 0 aliphatic carbocycles. The molecule has 0 unspecified atom stereocenters. The van der Waals surface area contributed by atoms with E-state index in [9.17, 15) is 13.2 Å². The quantitative estimate of drug-likeness (QED) is 0.579. The summed E-state index contributed by atoms with van der Waals surface area (Å²) in [4.78, 5) is 13.0. The molecule has 21 heavy (non-hydrogen) atoms. The number of hydrogen-bond donors (Lipinski definition) is 4. The van der Waals surface area contributed by atoms with Crippen molar-refractivity contribution in [3.63, 3.8) is 0 Å². The number of benzene rings is 1. The van der Waals surface area contributed by atoms with E-state index >= 15 is 0 Å². The molecule has 9 heteroatoms. The van der Waals surface area contributed by atoms with Crippen LogP contribution in [0.2, 0.25) is 0 Å². The largest absolute Gasteiger partial charge is 0.477 e. The normalized spacial score (nSPS) is 11.6. The van der Waals surface area contributed by atoms with Crippen LogP contribution in [-0.4, -0.2) is 34.7 Å². The minimum absolute atomic E-state index is 0.146. The fraction of sp³-hybridized carbons (Fsp3) is 0. The molecule has 108 valence electrons. The summed E-state index contributed by atoms with van der Waals surface area (Å²) in [6.45, 7) is 0. The van der Waals surface area contributed by atoms with E-state index in [4.69, 9.17) is 5.11 Å². The third kappa shape index (κ3) is 2.46. The van der Waals surface area contributed by atoms with Gasteiger partial charge in [0.1, 0.15) is 10.6 Å². The van der Waals surface area contributed by atoms with Gasteiger partial charge in [-0.25, -0.2) is 13.2 Å². The van der Waals surface area contributed by atoms with Crippen molar-refractivity contribution in [2.24, 2.45) is 0 Å². The summed E-state index contributed by atoms with van der Waals surface area (Å²) >= 11 is 0. The lowest BCUT2D eigenvalue weighted by Crippen LogP contribution is -2.12. The molecule has 0 saturated heterocycles. The Balaban J connectivity index is 1.92. The molecular formula is C12H10N4O4S. The minimum atomic E-state index is -3.85. The smallest absolute Gasteiger partial charge is 0.352 e. The number of sulfonamides is 1. The first kappa shape index (κ1) is 13.2. The number of H-pyrrole nitrogens is 2. The van der Waals surface area contributed by atoms with Crippen molar-refractivity contribution in [3.05, 3.63) is 42.4 Å². The maximum Gasteiger partial charge on any atom is 0.352 e. The number of aromatic nitrogens is 3. The maximum absolute atomic E-state index is 12.2. The predicted octanol–water partition coefficient (Wildman–Crippen LogP) is 1.39. The third-order valence-electron chi connectivity index (χ3n) is 2.89. The van der Waals surface area contributed by atoms with E-state index in [0.717, 1.165) is 23.2 Å². The van der Waals surface area contributed by atoms with Crippen LogP contribution in [0, 0.1) is 0 Å². The van der Waals surface area contributed by atoms with E-state index in [1.807, 2.05) is 0 Å². The molecular weight excluding hydrogens is 296 g/mol. The first-order chi connectivity index (χ1) is 9.95. The summed E-state index contributed by atoms with van der Waals surface area (Å²) in [5.41, 5.74) is 0.954. The molecule has 2 heterocycles. The Kier molecular flexibility index (Phi) is 2.91. The van der Waals surface area contributed by atoms with Crippen molar-refractivity contribution in [2.45, 2.75) is 4.90 Å². The molecule has 0 aliphatic heterocycles. The molecule has 0 saturated carbocycles. The summed E-state index contributed by atoms with van der Waals surface area (Å²) in [6, 6.07) is 5.96. The number of nitrogens with zero attached hydrogens (tertiary/aromatic N) is 1. The van der Waals surface area contributed by atoms with E-state index in [-0.39, 0.29) is 10.6 Å². The predicted molar refractivity (Wildman–Crippen MR) is 74.7 cm³/mol. The van der Waals surface area contributed by atoms with E-state index in [1.54, 1.807) is 24.4 Å². The van der Waals surface area contributed by atoms with Gasteiger partial charge in [-0.15, -0.1) is 0 Å². The first-order valence-corrected chi connectivity index (χ1v) is 7.32. The van der Waals surface area contributed by atoms with E-state index in [0.29, 0.717) is 5.69 Å². The molecule has 0 aliphatic rings. The summed E-state index contributed by atoms with van der Waals surface area (Å²) < 4.78 is 26.7. The number of carboxylic acid groups (broad SMARTS) is 1. The topological polar surface area (TPSA) is 128 Å². The third-order valence-corrected chi connectivity index (χ3v) is 4.25. The summed E-state index contributed by atoms with van der Waals surface area (Å²) in [6.07, 6.45) is 2.70. The second-order valence-electron chi connectivity index (χ2n) is 4.33. The Bertz CT molecular complexity index is 926. The van der Waals surface area contributed by atoms with Crippen molar-refractivity contribution < 1.29 is 18.3 Å². The zero-order chi connectivity index (χ0) is 15.0. The lowest BCUT2D eigenvalue weighted by molar-refractivity contribution is 0.0691. The van der Waals surface area contributed by atoms with Gasteiger partial charge in [0.2, 0.25) is 0 Å². The van der Waals surface area contributed by atoms with Gasteiger partial charge >= 0.3 is 5.97 Å². The molecule has 3 rings (SSSR count). The zero-order valence-electron chi connectivity index (χ0n) is 10.5. The number of carbonyl (C=O) groups is 1. The molecule has 0 amide bonds. The molecule has 0 spiro atoms. The Morgan fingerprint density at radius 1 is 1.29 bits per heavy atom. The summed E-state index contributed by atoms with van der Waals surface area (Å²) in [7, 11) is -3.85. The van der Waals surface area contributed by atoms with Gasteiger partial charge in [-0.3, -0.25) is 9.82 Å². The highest BCUT2D eigenvalue weighted by Gasteiger charge is 2.18. The zero-order valence-corrected chi connectivity index (χ0v) is 11.3. The highest BCUT2D eigenvalue weighted by molar-refractivity contribution is 7.92. The number of aromatic amines is 2. The lowest BCUT2D eigenvalue weighted by Gasteiger charge is -2.06. The molecule has 3 aromatic rings. The number of fused-ring (bicyclic) bond motifs is 1. The minimum Gasteiger partial charge on any atom is -0.477 e. The van der Waals surface area contributed by atoms with Gasteiger partial charge in [0.05, 0.1) is 11.7 Å². The summed E-state index contributed by atoms with van der Waals surface area (Å²) in [5.74, 6) is -1.23. The van der Waals surface area contributed by atoms with E-state index in [1.165, 1.54) is 0 Å². The van der Waals surface area contributed by atoms with Crippen LogP contribution >= 0.6 is 0 Å². The first-order valence-electron chi connectivity index (χ1n) is 5.83. The van der Waals surface area contributed by atoms with Crippen LogP contribution in [0.25, 0.3) is 10.9 Å². The van der Waals surface area contributed by atoms with Crippen molar-refractivity contribution >= 4 is 32.6 Å². The van der Waals surface area contributed by atoms with Crippen molar-refractivity contribution in [1.29, 1.82) is 0 Å². The van der Waals surface area contributed by atoms with Crippen molar-refractivity contribution in [1.82, 2.24) is 15.2 Å². The van der Waals surface area contributed by atoms with Gasteiger partial charge in [0.25, 0.3) is 10.0 Å². The molecule has 0 atom stereocenters. The number of carboxylic acids is 1. The van der Waals surface area contributed by atoms with Gasteiger partial charge in [-0.2, -0.15) is 5.10 Å². The molecule has 0 bridgehead atoms. The van der Waals surface area contributed by atoms with Crippen LogP contribution in [0.3, 0.4) is 0 Å². The van der Waals surface area contributed by atoms with Crippen LogP contribution in [0.5, 0.6) is 0 Å². The van der Waals surface area contributed by atoms with Crippen molar-refractivity contribution in [3.8, 4) is 0 Å². The van der Waals surface area contributed by atoms with Crippen molar-refractivity contribution in [2.75, 3.05) is 4.72 Å². The molecule has 0 radical (unpaired) electrons. The van der Waals surface area contributed by atoms with Gasteiger partial charge < -0.3 is 10.1 Å². The number of hydrogen-bond acceptors (Lipinski definition) is 4. The molecule has 2 aromatic heterocycles. The number of rotatable bonds is 4. The van der Waals surface area contributed by atoms with E-state index < -0.39 is 16.0 Å². The lowest BCUT2D eigenvalue weighted by atomic mass is 10.2. The molecule has 1 aromatic carbocycles. The van der Waals surface area contributed by atoms with Crippen LogP contribution in [0.4, 0.5) is 5.69 Å². The highest BCUT2D eigenvalue weighted by Crippen LogP contribution is 2.20. The number of anilines is 1. The standard InChI is InChI=1S/C12H10N4O4S/c17-12(18)11-4-9(6-13-11)21(19,20)16-8-1-2-10-7(3-8)5-14-15-10/h1-6,13,16H,(H,14,15)(H,17,18). The second kappa shape index (κ2) is 4.63. The SMILES string of the molecule is O=C(O)c1cc(S(=O)(=O)Nc2ccc3[nH]ncc3c2)c[nH]1. The van der Waals surface area contributed by atoms with Crippen LogP contribution in [0.15, 0.2) is 41.6 Å².